The van der Waals surface area contributed by atoms with Gasteiger partial charge in [0.2, 0.25) is 0 Å². The number of aryl methyl sites for hydroxylation is 1. The van der Waals surface area contributed by atoms with Gasteiger partial charge in [-0.2, -0.15) is 13.2 Å². The maximum Gasteiger partial charge on any atom is 0.416 e. The Morgan fingerprint density at radius 1 is 1.06 bits per heavy atom. The number of alkyl halides is 3. The molecular formula is C23H27F3O5S2. The van der Waals surface area contributed by atoms with Gasteiger partial charge in [-0.1, -0.05) is 0 Å². The minimum Gasteiger partial charge on any atom is -0.491 e. The Morgan fingerprint density at radius 3 is 2.39 bits per heavy atom. The van der Waals surface area contributed by atoms with Gasteiger partial charge in [-0.05, 0) is 68.1 Å². The predicted octanol–water partition coefficient (Wildman–Crippen LogP) is 5.99. The summed E-state index contributed by atoms with van der Waals surface area (Å²) in [6.07, 6.45) is -3.16. The molecule has 0 spiro atoms. The molecule has 1 saturated heterocycles. The highest BCUT2D eigenvalue weighted by molar-refractivity contribution is 7.99. The van der Waals surface area contributed by atoms with Crippen molar-refractivity contribution in [2.24, 2.45) is 0 Å². The smallest absolute Gasteiger partial charge is 0.416 e. The van der Waals surface area contributed by atoms with Crippen LogP contribution in [0.1, 0.15) is 18.1 Å². The third-order valence-corrected chi connectivity index (χ3v) is 6.18. The first kappa shape index (κ1) is 26.0. The monoisotopic (exact) mass is 504 g/mol. The van der Waals surface area contributed by atoms with Crippen LogP contribution in [-0.2, 0) is 20.4 Å². The Bertz CT molecular complexity index is 873. The first-order valence-corrected chi connectivity index (χ1v) is 12.7. The zero-order valence-electron chi connectivity index (χ0n) is 18.6. The molecule has 0 saturated carbocycles. The number of ether oxygens (including phenoxy) is 5. The summed E-state index contributed by atoms with van der Waals surface area (Å²) in [4.78, 5) is 1.05. The second kappa shape index (κ2) is 12.2. The van der Waals surface area contributed by atoms with Crippen LogP contribution in [0.15, 0.2) is 47.4 Å². The quantitative estimate of drug-likeness (QED) is 0.260. The molecule has 1 fully saturated rings. The van der Waals surface area contributed by atoms with Crippen LogP contribution in [0.4, 0.5) is 13.2 Å². The van der Waals surface area contributed by atoms with Crippen molar-refractivity contribution >= 4 is 23.5 Å². The number of benzene rings is 2. The summed E-state index contributed by atoms with van der Waals surface area (Å²) in [6.45, 7) is 4.38. The van der Waals surface area contributed by atoms with Crippen molar-refractivity contribution in [1.82, 2.24) is 0 Å². The van der Waals surface area contributed by atoms with Crippen molar-refractivity contribution in [3.8, 4) is 11.5 Å². The summed E-state index contributed by atoms with van der Waals surface area (Å²) in [6, 6.07) is 10.6. The molecule has 3 rings (SSSR count). The highest BCUT2D eigenvalue weighted by atomic mass is 32.2. The normalized spacial score (nSPS) is 19.1. The molecular weight excluding hydrogens is 477 g/mol. The van der Waals surface area contributed by atoms with E-state index in [1.54, 1.807) is 23.5 Å². The standard InChI is InChI=1S/C23H27F3O5S2/c1-15-10-20(8-9-21(15)28-12-22-30-16(2)31-22)33-13-19(29-14-32-3)11-27-18-6-4-17(5-7-18)23(24,25)26/h4-10,16,19,22H,11-14H2,1-3H3. The van der Waals surface area contributed by atoms with Crippen LogP contribution >= 0.6 is 23.5 Å². The van der Waals surface area contributed by atoms with Crippen LogP contribution < -0.4 is 9.47 Å². The van der Waals surface area contributed by atoms with Gasteiger partial charge in [0.05, 0.1) is 11.5 Å². The lowest BCUT2D eigenvalue weighted by Gasteiger charge is -2.33. The van der Waals surface area contributed by atoms with E-state index in [1.807, 2.05) is 38.3 Å². The second-order valence-electron chi connectivity index (χ2n) is 7.35. The van der Waals surface area contributed by atoms with Crippen molar-refractivity contribution in [2.45, 2.75) is 43.6 Å². The molecule has 182 valence electrons. The van der Waals surface area contributed by atoms with Crippen molar-refractivity contribution in [3.63, 3.8) is 0 Å². The molecule has 1 heterocycles. The van der Waals surface area contributed by atoms with E-state index in [1.165, 1.54) is 12.1 Å². The molecule has 2 aromatic carbocycles. The second-order valence-corrected chi connectivity index (χ2v) is 9.25. The number of halogens is 3. The molecule has 1 unspecified atom stereocenters. The highest BCUT2D eigenvalue weighted by Crippen LogP contribution is 2.31. The van der Waals surface area contributed by atoms with E-state index < -0.39 is 11.7 Å². The summed E-state index contributed by atoms with van der Waals surface area (Å²) < 4.78 is 66.2. The Hall–Kier alpha value is -1.59. The van der Waals surface area contributed by atoms with Crippen molar-refractivity contribution < 1.29 is 36.9 Å². The molecule has 5 nitrogen and oxygen atoms in total. The van der Waals surface area contributed by atoms with Gasteiger partial charge in [0.1, 0.15) is 30.8 Å². The van der Waals surface area contributed by atoms with Crippen LogP contribution in [0.5, 0.6) is 11.5 Å². The largest absolute Gasteiger partial charge is 0.491 e. The summed E-state index contributed by atoms with van der Waals surface area (Å²) >= 11 is 3.16. The maximum absolute atomic E-state index is 12.7. The number of hydrogen-bond donors (Lipinski definition) is 0. The molecule has 0 bridgehead atoms. The van der Waals surface area contributed by atoms with Crippen molar-refractivity contribution in [1.29, 1.82) is 0 Å². The third-order valence-electron chi connectivity index (χ3n) is 4.68. The molecule has 0 radical (unpaired) electrons. The molecule has 0 aliphatic carbocycles. The molecule has 0 N–H and O–H groups in total. The summed E-state index contributed by atoms with van der Waals surface area (Å²) in [5.74, 6) is 2.27. The SMILES string of the molecule is CSCOC(COc1ccc(C(F)(F)F)cc1)CSc1ccc(OCC2OC(C)O2)c(C)c1. The summed E-state index contributed by atoms with van der Waals surface area (Å²) in [7, 11) is 0. The van der Waals surface area contributed by atoms with Crippen LogP contribution in [0.3, 0.4) is 0 Å². The van der Waals surface area contributed by atoms with Gasteiger partial charge in [-0.3, -0.25) is 0 Å². The van der Waals surface area contributed by atoms with Gasteiger partial charge >= 0.3 is 6.18 Å². The Kier molecular flexibility index (Phi) is 9.63. The first-order chi connectivity index (χ1) is 15.7. The number of rotatable bonds is 12. The number of thioether (sulfide) groups is 2. The lowest BCUT2D eigenvalue weighted by atomic mass is 10.2. The topological polar surface area (TPSA) is 46.2 Å². The Morgan fingerprint density at radius 2 is 1.79 bits per heavy atom. The minimum absolute atomic E-state index is 0.178. The fourth-order valence-corrected chi connectivity index (χ4v) is 4.30. The average Bonchev–Trinajstić information content (AvgIpc) is 2.76. The minimum atomic E-state index is -4.37. The van der Waals surface area contributed by atoms with Crippen LogP contribution in [0, 0.1) is 6.92 Å². The molecule has 0 amide bonds. The fourth-order valence-electron chi connectivity index (χ4n) is 2.97. The molecule has 2 aromatic rings. The summed E-state index contributed by atoms with van der Waals surface area (Å²) in [5.41, 5.74) is 0.292. The van der Waals surface area contributed by atoms with E-state index >= 15 is 0 Å². The van der Waals surface area contributed by atoms with Gasteiger partial charge in [0, 0.05) is 10.6 Å². The van der Waals surface area contributed by atoms with Gasteiger partial charge in [-0.15, -0.1) is 23.5 Å². The third kappa shape index (κ3) is 8.29. The van der Waals surface area contributed by atoms with Crippen LogP contribution in [0.2, 0.25) is 0 Å². The lowest BCUT2D eigenvalue weighted by molar-refractivity contribution is -0.380. The molecule has 10 heteroatoms. The van der Waals surface area contributed by atoms with Crippen LogP contribution in [-0.4, -0.2) is 49.8 Å². The van der Waals surface area contributed by atoms with E-state index in [0.29, 0.717) is 24.0 Å². The highest BCUT2D eigenvalue weighted by Gasteiger charge is 2.30. The zero-order valence-corrected chi connectivity index (χ0v) is 20.2. The van der Waals surface area contributed by atoms with Gasteiger partial charge in [0.15, 0.2) is 12.6 Å². The number of hydrogen-bond acceptors (Lipinski definition) is 7. The first-order valence-electron chi connectivity index (χ1n) is 10.3. The average molecular weight is 505 g/mol. The van der Waals surface area contributed by atoms with Gasteiger partial charge in [-0.25, -0.2) is 0 Å². The van der Waals surface area contributed by atoms with Gasteiger partial charge < -0.3 is 23.7 Å². The fraction of sp³-hybridized carbons (Fsp3) is 0.478. The maximum atomic E-state index is 12.7. The molecule has 1 atom stereocenters. The molecule has 33 heavy (non-hydrogen) atoms. The van der Waals surface area contributed by atoms with E-state index in [9.17, 15) is 13.2 Å². The Balaban J connectivity index is 1.49. The van der Waals surface area contributed by atoms with E-state index in [2.05, 4.69) is 0 Å². The van der Waals surface area contributed by atoms with Crippen molar-refractivity contribution in [3.05, 3.63) is 53.6 Å². The van der Waals surface area contributed by atoms with Crippen molar-refractivity contribution in [2.75, 3.05) is 31.2 Å². The molecule has 0 aromatic heterocycles. The zero-order chi connectivity index (χ0) is 23.8. The Labute approximate surface area is 200 Å². The van der Waals surface area contributed by atoms with Gasteiger partial charge in [0.25, 0.3) is 0 Å². The lowest BCUT2D eigenvalue weighted by Crippen LogP contribution is -2.42. The predicted molar refractivity (Wildman–Crippen MR) is 123 cm³/mol. The van der Waals surface area contributed by atoms with E-state index in [4.69, 9.17) is 23.7 Å². The van der Waals surface area contributed by atoms with E-state index in [-0.39, 0.29) is 25.3 Å². The summed E-state index contributed by atoms with van der Waals surface area (Å²) in [5, 5.41) is 0. The van der Waals surface area contributed by atoms with E-state index in [0.717, 1.165) is 28.3 Å². The molecule has 1 aliphatic heterocycles. The molecule has 1 aliphatic rings. The van der Waals surface area contributed by atoms with Crippen LogP contribution in [0.25, 0.3) is 0 Å².